The lowest BCUT2D eigenvalue weighted by molar-refractivity contribution is 0.0741. The van der Waals surface area contributed by atoms with Crippen LogP contribution in [0.2, 0.25) is 0 Å². The van der Waals surface area contributed by atoms with Gasteiger partial charge in [0.25, 0.3) is 5.91 Å². The van der Waals surface area contributed by atoms with E-state index in [0.29, 0.717) is 30.6 Å². The first-order valence-corrected chi connectivity index (χ1v) is 9.39. The molecule has 1 aromatic carbocycles. The van der Waals surface area contributed by atoms with Gasteiger partial charge in [0.05, 0.1) is 17.0 Å². The number of hydrogen-bond donors (Lipinski definition) is 0. The van der Waals surface area contributed by atoms with Crippen LogP contribution in [-0.4, -0.2) is 58.0 Å². The van der Waals surface area contributed by atoms with Gasteiger partial charge in [-0.25, -0.2) is 15.0 Å². The van der Waals surface area contributed by atoms with Gasteiger partial charge in [-0.05, 0) is 32.0 Å². The molecule has 8 nitrogen and oxygen atoms in total. The van der Waals surface area contributed by atoms with Crippen LogP contribution in [-0.2, 0) is 0 Å². The Balaban J connectivity index is 1.50. The van der Waals surface area contributed by atoms with Gasteiger partial charge in [0.1, 0.15) is 12.6 Å². The van der Waals surface area contributed by atoms with Crippen molar-refractivity contribution >= 4 is 22.5 Å². The standard InChI is InChI=1S/C20H23N5O3/c1-13(2)28-19-16-10-15(4-5-17(16)21-12-22-19)24-6-8-25(9-7-24)20(26)18-11-27-14(3)23-18/h4-5,10-13H,6-9H2,1-3H3. The van der Waals surface area contributed by atoms with Crippen LogP contribution in [0, 0.1) is 6.92 Å². The molecular weight excluding hydrogens is 358 g/mol. The molecule has 1 fully saturated rings. The van der Waals surface area contributed by atoms with E-state index < -0.39 is 0 Å². The summed E-state index contributed by atoms with van der Waals surface area (Å²) in [6.45, 7) is 8.42. The van der Waals surface area contributed by atoms with Crippen LogP contribution in [0.5, 0.6) is 5.88 Å². The minimum atomic E-state index is -0.0870. The van der Waals surface area contributed by atoms with Crippen molar-refractivity contribution in [2.45, 2.75) is 26.9 Å². The van der Waals surface area contributed by atoms with Gasteiger partial charge in [-0.15, -0.1) is 0 Å². The molecule has 0 unspecified atom stereocenters. The lowest BCUT2D eigenvalue weighted by atomic mass is 10.2. The monoisotopic (exact) mass is 381 g/mol. The van der Waals surface area contributed by atoms with Crippen LogP contribution in [0.3, 0.4) is 0 Å². The van der Waals surface area contributed by atoms with E-state index in [-0.39, 0.29) is 12.0 Å². The van der Waals surface area contributed by atoms with E-state index in [9.17, 15) is 4.79 Å². The van der Waals surface area contributed by atoms with E-state index in [1.165, 1.54) is 12.6 Å². The van der Waals surface area contributed by atoms with Crippen molar-refractivity contribution < 1.29 is 13.9 Å². The van der Waals surface area contributed by atoms with Gasteiger partial charge in [0.2, 0.25) is 5.88 Å². The van der Waals surface area contributed by atoms with Gasteiger partial charge < -0.3 is 19.0 Å². The van der Waals surface area contributed by atoms with Crippen molar-refractivity contribution in [3.8, 4) is 5.88 Å². The number of amides is 1. The van der Waals surface area contributed by atoms with Gasteiger partial charge in [-0.1, -0.05) is 0 Å². The molecule has 1 aliphatic heterocycles. The molecule has 1 amide bonds. The minimum absolute atomic E-state index is 0.0384. The third kappa shape index (κ3) is 3.62. The molecule has 0 aliphatic carbocycles. The maximum atomic E-state index is 12.5. The lowest BCUT2D eigenvalue weighted by Gasteiger charge is -2.35. The van der Waals surface area contributed by atoms with Crippen molar-refractivity contribution in [3.63, 3.8) is 0 Å². The van der Waals surface area contributed by atoms with E-state index in [0.717, 1.165) is 29.7 Å². The largest absolute Gasteiger partial charge is 0.474 e. The Kier molecular flexibility index (Phi) is 4.85. The molecule has 4 rings (SSSR count). The topological polar surface area (TPSA) is 84.6 Å². The number of rotatable bonds is 4. The van der Waals surface area contributed by atoms with Crippen molar-refractivity contribution in [3.05, 3.63) is 42.4 Å². The zero-order valence-corrected chi connectivity index (χ0v) is 16.3. The normalized spacial score (nSPS) is 14.7. The van der Waals surface area contributed by atoms with Gasteiger partial charge in [0, 0.05) is 38.8 Å². The summed E-state index contributed by atoms with van der Waals surface area (Å²) in [5, 5.41) is 0.894. The van der Waals surface area contributed by atoms with Crippen molar-refractivity contribution in [2.75, 3.05) is 31.1 Å². The van der Waals surface area contributed by atoms with Gasteiger partial charge >= 0.3 is 0 Å². The molecule has 0 atom stereocenters. The minimum Gasteiger partial charge on any atom is -0.474 e. The fourth-order valence-corrected chi connectivity index (χ4v) is 3.33. The zero-order chi connectivity index (χ0) is 19.7. The molecule has 2 aromatic heterocycles. The molecule has 0 saturated carbocycles. The van der Waals surface area contributed by atoms with Gasteiger partial charge in [0.15, 0.2) is 11.6 Å². The second kappa shape index (κ2) is 7.46. The van der Waals surface area contributed by atoms with Crippen LogP contribution >= 0.6 is 0 Å². The number of carbonyl (C=O) groups is 1. The molecule has 8 heteroatoms. The molecule has 1 aliphatic rings. The highest BCUT2D eigenvalue weighted by Crippen LogP contribution is 2.28. The Labute approximate surface area is 163 Å². The predicted molar refractivity (Wildman–Crippen MR) is 105 cm³/mol. The van der Waals surface area contributed by atoms with Crippen molar-refractivity contribution in [1.82, 2.24) is 19.9 Å². The summed E-state index contributed by atoms with van der Waals surface area (Å²) in [6, 6.07) is 6.09. The van der Waals surface area contributed by atoms with Crippen LogP contribution in [0.4, 0.5) is 5.69 Å². The quantitative estimate of drug-likeness (QED) is 0.687. The summed E-state index contributed by atoms with van der Waals surface area (Å²) in [5.74, 6) is 1.01. The number of aromatic nitrogens is 3. The zero-order valence-electron chi connectivity index (χ0n) is 16.3. The first kappa shape index (κ1) is 18.2. The van der Waals surface area contributed by atoms with E-state index in [1.807, 2.05) is 30.9 Å². The smallest absolute Gasteiger partial charge is 0.275 e. The SMILES string of the molecule is Cc1nc(C(=O)N2CCN(c3ccc4ncnc(OC(C)C)c4c3)CC2)co1. The third-order valence-corrected chi connectivity index (χ3v) is 4.70. The van der Waals surface area contributed by atoms with Crippen LogP contribution < -0.4 is 9.64 Å². The molecule has 28 heavy (non-hydrogen) atoms. The number of oxazole rings is 1. The van der Waals surface area contributed by atoms with Crippen molar-refractivity contribution in [2.24, 2.45) is 0 Å². The summed E-state index contributed by atoms with van der Waals surface area (Å²) in [6.07, 6.45) is 2.98. The number of carbonyl (C=O) groups excluding carboxylic acids is 1. The van der Waals surface area contributed by atoms with Gasteiger partial charge in [-0.3, -0.25) is 4.79 Å². The fourth-order valence-electron chi connectivity index (χ4n) is 3.33. The molecule has 146 valence electrons. The molecule has 0 N–H and O–H groups in total. The molecular formula is C20H23N5O3. The molecule has 1 saturated heterocycles. The summed E-state index contributed by atoms with van der Waals surface area (Å²) in [5.41, 5.74) is 2.29. The second-order valence-corrected chi connectivity index (χ2v) is 7.08. The number of anilines is 1. The average Bonchev–Trinajstić information content (AvgIpc) is 3.13. The van der Waals surface area contributed by atoms with Crippen LogP contribution in [0.25, 0.3) is 10.9 Å². The number of fused-ring (bicyclic) bond motifs is 1. The Morgan fingerprint density at radius 2 is 1.96 bits per heavy atom. The Morgan fingerprint density at radius 3 is 2.64 bits per heavy atom. The summed E-state index contributed by atoms with van der Waals surface area (Å²) in [7, 11) is 0. The molecule has 0 spiro atoms. The highest BCUT2D eigenvalue weighted by atomic mass is 16.5. The lowest BCUT2D eigenvalue weighted by Crippen LogP contribution is -2.48. The maximum absolute atomic E-state index is 12.5. The number of nitrogens with zero attached hydrogens (tertiary/aromatic N) is 5. The van der Waals surface area contributed by atoms with E-state index in [1.54, 1.807) is 6.92 Å². The van der Waals surface area contributed by atoms with E-state index >= 15 is 0 Å². The number of piperazine rings is 1. The average molecular weight is 381 g/mol. The van der Waals surface area contributed by atoms with Crippen LogP contribution in [0.15, 0.2) is 35.2 Å². The Hall–Kier alpha value is -3.16. The second-order valence-electron chi connectivity index (χ2n) is 7.08. The molecule has 3 aromatic rings. The molecule has 0 bridgehead atoms. The first-order valence-electron chi connectivity index (χ1n) is 9.39. The summed E-state index contributed by atoms with van der Waals surface area (Å²) in [4.78, 5) is 29.3. The molecule has 0 radical (unpaired) electrons. The van der Waals surface area contributed by atoms with Crippen LogP contribution in [0.1, 0.15) is 30.2 Å². The summed E-state index contributed by atoms with van der Waals surface area (Å²) < 4.78 is 11.0. The predicted octanol–water partition coefficient (Wildman–Crippen LogP) is 2.68. The summed E-state index contributed by atoms with van der Waals surface area (Å²) >= 11 is 0. The first-order chi connectivity index (χ1) is 13.5. The number of ether oxygens (including phenoxy) is 1. The Bertz CT molecular complexity index is 992. The third-order valence-electron chi connectivity index (χ3n) is 4.70. The van der Waals surface area contributed by atoms with Gasteiger partial charge in [-0.2, -0.15) is 0 Å². The molecule has 3 heterocycles. The van der Waals surface area contributed by atoms with E-state index in [2.05, 4.69) is 25.9 Å². The number of benzene rings is 1. The Morgan fingerprint density at radius 1 is 1.18 bits per heavy atom. The van der Waals surface area contributed by atoms with E-state index in [4.69, 9.17) is 9.15 Å². The van der Waals surface area contributed by atoms with Crippen molar-refractivity contribution in [1.29, 1.82) is 0 Å². The number of aryl methyl sites for hydroxylation is 1. The number of hydrogen-bond acceptors (Lipinski definition) is 7. The fraction of sp³-hybridized carbons (Fsp3) is 0.400. The highest BCUT2D eigenvalue weighted by Gasteiger charge is 2.24. The highest BCUT2D eigenvalue weighted by molar-refractivity contribution is 5.92. The maximum Gasteiger partial charge on any atom is 0.275 e.